The van der Waals surface area contributed by atoms with Crippen molar-refractivity contribution in [2.75, 3.05) is 18.9 Å². The molecule has 0 aliphatic rings. The number of imidazole rings is 1. The SMILES string of the molecule is Nc1ccc(-c2cncn2CCOCC(F)(F)F)cn1. The van der Waals surface area contributed by atoms with E-state index in [4.69, 9.17) is 5.73 Å². The van der Waals surface area contributed by atoms with Crippen LogP contribution in [0.2, 0.25) is 0 Å². The number of pyridine rings is 1. The third-order valence-electron chi connectivity index (χ3n) is 2.54. The van der Waals surface area contributed by atoms with E-state index in [1.165, 1.54) is 6.33 Å². The van der Waals surface area contributed by atoms with E-state index in [1.807, 2.05) is 0 Å². The summed E-state index contributed by atoms with van der Waals surface area (Å²) in [6.07, 6.45) is 0.414. The number of nitrogen functional groups attached to an aromatic ring is 1. The largest absolute Gasteiger partial charge is 0.411 e. The number of aromatic nitrogens is 3. The standard InChI is InChI=1S/C12H13F3N4O/c13-12(14,15)7-20-4-3-19-8-17-6-10(19)9-1-2-11(16)18-5-9/h1-2,5-6,8H,3-4,7H2,(H2,16,18). The van der Waals surface area contributed by atoms with E-state index in [1.54, 1.807) is 29.1 Å². The molecule has 108 valence electrons. The van der Waals surface area contributed by atoms with Crippen LogP contribution in [0.4, 0.5) is 19.0 Å². The number of nitrogens with zero attached hydrogens (tertiary/aromatic N) is 3. The van der Waals surface area contributed by atoms with Crippen LogP contribution in [0, 0.1) is 0 Å². The maximum absolute atomic E-state index is 11.9. The molecular formula is C12H13F3N4O. The molecule has 0 unspecified atom stereocenters. The fourth-order valence-electron chi connectivity index (χ4n) is 1.65. The molecular weight excluding hydrogens is 273 g/mol. The Morgan fingerprint density at radius 2 is 2.05 bits per heavy atom. The Balaban J connectivity index is 1.97. The lowest BCUT2D eigenvalue weighted by atomic mass is 10.2. The number of nitrogens with two attached hydrogens (primary N) is 1. The number of hydrogen-bond acceptors (Lipinski definition) is 4. The minimum absolute atomic E-state index is 0.0503. The molecule has 2 aromatic rings. The number of halogens is 3. The van der Waals surface area contributed by atoms with E-state index in [2.05, 4.69) is 14.7 Å². The first-order chi connectivity index (χ1) is 9.46. The molecule has 5 nitrogen and oxygen atoms in total. The van der Waals surface area contributed by atoms with Gasteiger partial charge in [-0.2, -0.15) is 13.2 Å². The van der Waals surface area contributed by atoms with Gasteiger partial charge in [-0.1, -0.05) is 0 Å². The van der Waals surface area contributed by atoms with Gasteiger partial charge in [0.1, 0.15) is 12.4 Å². The lowest BCUT2D eigenvalue weighted by Crippen LogP contribution is -2.19. The molecule has 0 saturated carbocycles. The van der Waals surface area contributed by atoms with Crippen molar-refractivity contribution in [1.29, 1.82) is 0 Å². The van der Waals surface area contributed by atoms with Crippen LogP contribution in [0.1, 0.15) is 0 Å². The maximum Gasteiger partial charge on any atom is 0.411 e. The Morgan fingerprint density at radius 1 is 1.25 bits per heavy atom. The summed E-state index contributed by atoms with van der Waals surface area (Å²) in [6.45, 7) is -1.03. The summed E-state index contributed by atoms with van der Waals surface area (Å²) in [5.41, 5.74) is 7.03. The normalized spacial score (nSPS) is 11.8. The van der Waals surface area contributed by atoms with Gasteiger partial charge in [0.05, 0.1) is 24.8 Å². The van der Waals surface area contributed by atoms with Crippen molar-refractivity contribution in [2.45, 2.75) is 12.7 Å². The zero-order valence-electron chi connectivity index (χ0n) is 10.5. The third-order valence-corrected chi connectivity index (χ3v) is 2.54. The molecule has 0 aliphatic carbocycles. The van der Waals surface area contributed by atoms with Crippen LogP contribution >= 0.6 is 0 Å². The Morgan fingerprint density at radius 3 is 2.70 bits per heavy atom. The number of ether oxygens (including phenoxy) is 1. The van der Waals surface area contributed by atoms with Crippen molar-refractivity contribution < 1.29 is 17.9 Å². The molecule has 20 heavy (non-hydrogen) atoms. The smallest absolute Gasteiger partial charge is 0.384 e. The fraction of sp³-hybridized carbons (Fsp3) is 0.333. The van der Waals surface area contributed by atoms with Crippen LogP contribution in [0.25, 0.3) is 11.3 Å². The van der Waals surface area contributed by atoms with Crippen molar-refractivity contribution in [1.82, 2.24) is 14.5 Å². The van der Waals surface area contributed by atoms with Crippen LogP contribution in [0.5, 0.6) is 0 Å². The van der Waals surface area contributed by atoms with Crippen molar-refractivity contribution in [2.24, 2.45) is 0 Å². The van der Waals surface area contributed by atoms with Crippen LogP contribution in [0.15, 0.2) is 30.9 Å². The van der Waals surface area contributed by atoms with Gasteiger partial charge in [0.25, 0.3) is 0 Å². The highest BCUT2D eigenvalue weighted by atomic mass is 19.4. The predicted molar refractivity (Wildman–Crippen MR) is 66.7 cm³/mol. The highest BCUT2D eigenvalue weighted by molar-refractivity contribution is 5.59. The first-order valence-corrected chi connectivity index (χ1v) is 5.82. The monoisotopic (exact) mass is 286 g/mol. The molecule has 0 atom stereocenters. The third kappa shape index (κ3) is 3.95. The van der Waals surface area contributed by atoms with E-state index in [0.29, 0.717) is 5.82 Å². The minimum Gasteiger partial charge on any atom is -0.384 e. The molecule has 0 saturated heterocycles. The molecule has 2 aromatic heterocycles. The summed E-state index contributed by atoms with van der Waals surface area (Å²) in [5, 5.41) is 0. The quantitative estimate of drug-likeness (QED) is 0.855. The predicted octanol–water partition coefficient (Wildman–Crippen LogP) is 2.11. The van der Waals surface area contributed by atoms with Gasteiger partial charge in [0.2, 0.25) is 0 Å². The Kier molecular flexibility index (Phi) is 4.23. The average Bonchev–Trinajstić information content (AvgIpc) is 2.83. The number of anilines is 1. The number of hydrogen-bond donors (Lipinski definition) is 1. The van der Waals surface area contributed by atoms with E-state index in [9.17, 15) is 13.2 Å². The van der Waals surface area contributed by atoms with Crippen molar-refractivity contribution in [3.63, 3.8) is 0 Å². The summed E-state index contributed by atoms with van der Waals surface area (Å²) < 4.78 is 42.1. The van der Waals surface area contributed by atoms with E-state index >= 15 is 0 Å². The molecule has 2 N–H and O–H groups in total. The van der Waals surface area contributed by atoms with E-state index in [-0.39, 0.29) is 13.2 Å². The zero-order valence-corrected chi connectivity index (χ0v) is 10.5. The van der Waals surface area contributed by atoms with Crippen molar-refractivity contribution in [3.05, 3.63) is 30.9 Å². The minimum atomic E-state index is -4.31. The van der Waals surface area contributed by atoms with Gasteiger partial charge in [-0.05, 0) is 12.1 Å². The molecule has 0 spiro atoms. The molecule has 0 radical (unpaired) electrons. The molecule has 2 heterocycles. The molecule has 0 fully saturated rings. The number of rotatable bonds is 5. The Hall–Kier alpha value is -2.09. The topological polar surface area (TPSA) is 66.0 Å². The van der Waals surface area contributed by atoms with Crippen LogP contribution in [0.3, 0.4) is 0 Å². The second kappa shape index (κ2) is 5.91. The molecule has 2 rings (SSSR count). The summed E-state index contributed by atoms with van der Waals surface area (Å²) >= 11 is 0. The van der Waals surface area contributed by atoms with Crippen LogP contribution < -0.4 is 5.73 Å². The first kappa shape index (κ1) is 14.3. The van der Waals surface area contributed by atoms with E-state index < -0.39 is 12.8 Å². The lowest BCUT2D eigenvalue weighted by Gasteiger charge is -2.10. The first-order valence-electron chi connectivity index (χ1n) is 5.82. The fourth-order valence-corrected chi connectivity index (χ4v) is 1.65. The van der Waals surface area contributed by atoms with Crippen molar-refractivity contribution in [3.8, 4) is 11.3 Å². The van der Waals surface area contributed by atoms with Gasteiger partial charge in [-0.25, -0.2) is 9.97 Å². The molecule has 0 amide bonds. The molecule has 8 heteroatoms. The van der Waals surface area contributed by atoms with Gasteiger partial charge >= 0.3 is 6.18 Å². The Labute approximate surface area is 113 Å². The van der Waals surface area contributed by atoms with Gasteiger partial charge in [-0.3, -0.25) is 0 Å². The molecule has 0 bridgehead atoms. The highest BCUT2D eigenvalue weighted by Gasteiger charge is 2.27. The second-order valence-corrected chi connectivity index (χ2v) is 4.11. The van der Waals surface area contributed by atoms with Crippen LogP contribution in [-0.4, -0.2) is 33.9 Å². The van der Waals surface area contributed by atoms with Crippen molar-refractivity contribution >= 4 is 5.82 Å². The summed E-state index contributed by atoms with van der Waals surface area (Å²) in [6, 6.07) is 3.42. The van der Waals surface area contributed by atoms with Gasteiger partial charge in [0, 0.05) is 18.3 Å². The highest BCUT2D eigenvalue weighted by Crippen LogP contribution is 2.19. The maximum atomic E-state index is 11.9. The Bertz CT molecular complexity index is 551. The number of alkyl halides is 3. The lowest BCUT2D eigenvalue weighted by molar-refractivity contribution is -0.174. The average molecular weight is 286 g/mol. The van der Waals surface area contributed by atoms with E-state index in [0.717, 1.165) is 11.3 Å². The van der Waals surface area contributed by atoms with Gasteiger partial charge in [-0.15, -0.1) is 0 Å². The van der Waals surface area contributed by atoms with Crippen LogP contribution in [-0.2, 0) is 11.3 Å². The summed E-state index contributed by atoms with van der Waals surface area (Å²) in [7, 11) is 0. The zero-order chi connectivity index (χ0) is 14.6. The van der Waals surface area contributed by atoms with Gasteiger partial charge in [0.15, 0.2) is 0 Å². The van der Waals surface area contributed by atoms with Gasteiger partial charge < -0.3 is 15.0 Å². The summed E-state index contributed by atoms with van der Waals surface area (Å²) in [4.78, 5) is 7.94. The molecule has 0 aliphatic heterocycles. The molecule has 0 aromatic carbocycles. The second-order valence-electron chi connectivity index (χ2n) is 4.11. The summed E-state index contributed by atoms with van der Waals surface area (Å²) in [5.74, 6) is 0.397.